The second kappa shape index (κ2) is 6.58. The molecule has 4 heteroatoms. The largest absolute Gasteiger partial charge is 0.514 e. The molecule has 17 heavy (non-hydrogen) atoms. The fraction of sp³-hybridized carbons (Fsp3) is 0.308. The standard InChI is InChI=1S/C13H16O4/c1-10(2)8-9-16-13(14)17-12-6-4-11(15-3)5-7-12/h4-8H,9H2,1-3H3. The van der Waals surface area contributed by atoms with E-state index in [1.807, 2.05) is 13.8 Å². The number of carbonyl (C=O) groups is 1. The SMILES string of the molecule is COc1ccc(OC(=O)OCC=C(C)C)cc1. The number of carbonyl (C=O) groups excluding carboxylic acids is 1. The Bertz CT molecular complexity index is 388. The second-order valence-electron chi connectivity index (χ2n) is 3.62. The third kappa shape index (κ3) is 5.06. The zero-order chi connectivity index (χ0) is 12.7. The molecule has 0 fully saturated rings. The molecule has 0 bridgehead atoms. The first-order valence-corrected chi connectivity index (χ1v) is 5.24. The lowest BCUT2D eigenvalue weighted by molar-refractivity contribution is 0.109. The summed E-state index contributed by atoms with van der Waals surface area (Å²) in [7, 11) is 1.57. The molecule has 0 heterocycles. The molecular formula is C13H16O4. The van der Waals surface area contributed by atoms with E-state index in [0.717, 1.165) is 5.57 Å². The summed E-state index contributed by atoms with van der Waals surface area (Å²) in [4.78, 5) is 11.2. The van der Waals surface area contributed by atoms with Crippen molar-refractivity contribution in [2.75, 3.05) is 13.7 Å². The minimum Gasteiger partial charge on any atom is -0.497 e. The van der Waals surface area contributed by atoms with Gasteiger partial charge in [-0.2, -0.15) is 0 Å². The monoisotopic (exact) mass is 236 g/mol. The van der Waals surface area contributed by atoms with Crippen molar-refractivity contribution in [2.24, 2.45) is 0 Å². The molecule has 4 nitrogen and oxygen atoms in total. The summed E-state index contributed by atoms with van der Waals surface area (Å²) < 4.78 is 14.8. The van der Waals surface area contributed by atoms with Crippen LogP contribution in [0.25, 0.3) is 0 Å². The summed E-state index contributed by atoms with van der Waals surface area (Å²) in [6.45, 7) is 4.08. The van der Waals surface area contributed by atoms with Gasteiger partial charge in [-0.05, 0) is 44.2 Å². The third-order valence-corrected chi connectivity index (χ3v) is 1.95. The topological polar surface area (TPSA) is 44.8 Å². The number of allylic oxidation sites excluding steroid dienone is 1. The van der Waals surface area contributed by atoms with Crippen molar-refractivity contribution in [1.82, 2.24) is 0 Å². The highest BCUT2D eigenvalue weighted by Crippen LogP contribution is 2.17. The van der Waals surface area contributed by atoms with Crippen molar-refractivity contribution in [3.63, 3.8) is 0 Å². The summed E-state index contributed by atoms with van der Waals surface area (Å²) in [6, 6.07) is 6.69. The van der Waals surface area contributed by atoms with E-state index in [1.54, 1.807) is 37.5 Å². The molecule has 0 amide bonds. The zero-order valence-corrected chi connectivity index (χ0v) is 10.2. The predicted molar refractivity (Wildman–Crippen MR) is 64.4 cm³/mol. The van der Waals surface area contributed by atoms with Crippen LogP contribution in [0.3, 0.4) is 0 Å². The molecule has 0 atom stereocenters. The molecule has 0 radical (unpaired) electrons. The highest BCUT2D eigenvalue weighted by atomic mass is 16.7. The van der Waals surface area contributed by atoms with E-state index in [-0.39, 0.29) is 6.61 Å². The molecule has 0 aliphatic rings. The van der Waals surface area contributed by atoms with Gasteiger partial charge >= 0.3 is 6.16 Å². The van der Waals surface area contributed by atoms with Gasteiger partial charge in [-0.3, -0.25) is 0 Å². The zero-order valence-electron chi connectivity index (χ0n) is 10.2. The van der Waals surface area contributed by atoms with E-state index in [9.17, 15) is 4.79 Å². The van der Waals surface area contributed by atoms with E-state index >= 15 is 0 Å². The molecular weight excluding hydrogens is 220 g/mol. The van der Waals surface area contributed by atoms with Crippen LogP contribution in [0, 0.1) is 0 Å². The maximum absolute atomic E-state index is 11.2. The Labute approximate surface area is 101 Å². The highest BCUT2D eigenvalue weighted by Gasteiger charge is 2.04. The summed E-state index contributed by atoms with van der Waals surface area (Å²) in [5.41, 5.74) is 1.09. The Morgan fingerprint density at radius 3 is 2.29 bits per heavy atom. The lowest BCUT2D eigenvalue weighted by atomic mass is 10.3. The Kier molecular flexibility index (Phi) is 5.07. The summed E-state index contributed by atoms with van der Waals surface area (Å²) >= 11 is 0. The fourth-order valence-corrected chi connectivity index (χ4v) is 1.05. The number of ether oxygens (including phenoxy) is 3. The average Bonchev–Trinajstić information content (AvgIpc) is 2.29. The number of benzene rings is 1. The Balaban J connectivity index is 2.42. The van der Waals surface area contributed by atoms with Crippen LogP contribution in [0.4, 0.5) is 4.79 Å². The first-order valence-electron chi connectivity index (χ1n) is 5.24. The summed E-state index contributed by atoms with van der Waals surface area (Å²) in [6.07, 6.45) is 1.09. The minimum absolute atomic E-state index is 0.220. The van der Waals surface area contributed by atoms with Crippen LogP contribution < -0.4 is 9.47 Å². The van der Waals surface area contributed by atoms with Crippen molar-refractivity contribution in [3.05, 3.63) is 35.9 Å². The highest BCUT2D eigenvalue weighted by molar-refractivity contribution is 5.63. The van der Waals surface area contributed by atoms with Crippen LogP contribution in [0.1, 0.15) is 13.8 Å². The normalized spacial score (nSPS) is 9.35. The van der Waals surface area contributed by atoms with E-state index in [4.69, 9.17) is 14.2 Å². The van der Waals surface area contributed by atoms with Crippen LogP contribution in [0.15, 0.2) is 35.9 Å². The molecule has 0 unspecified atom stereocenters. The molecule has 0 spiro atoms. The molecule has 0 aliphatic carbocycles. The minimum atomic E-state index is -0.715. The van der Waals surface area contributed by atoms with Gasteiger partial charge in [-0.25, -0.2) is 4.79 Å². The third-order valence-electron chi connectivity index (χ3n) is 1.95. The molecule has 0 aromatic heterocycles. The second-order valence-corrected chi connectivity index (χ2v) is 3.62. The summed E-state index contributed by atoms with van der Waals surface area (Å²) in [5.74, 6) is 1.13. The van der Waals surface area contributed by atoms with Gasteiger partial charge in [0.25, 0.3) is 0 Å². The Morgan fingerprint density at radius 2 is 1.76 bits per heavy atom. The van der Waals surface area contributed by atoms with Crippen molar-refractivity contribution >= 4 is 6.16 Å². The van der Waals surface area contributed by atoms with Gasteiger partial charge in [0, 0.05) is 0 Å². The maximum atomic E-state index is 11.2. The van der Waals surface area contributed by atoms with E-state index in [1.165, 1.54) is 0 Å². The molecule has 1 aromatic carbocycles. The fourth-order valence-electron chi connectivity index (χ4n) is 1.05. The van der Waals surface area contributed by atoms with Gasteiger partial charge in [-0.15, -0.1) is 0 Å². The molecule has 1 aromatic rings. The molecule has 0 N–H and O–H groups in total. The van der Waals surface area contributed by atoms with Crippen molar-refractivity contribution in [2.45, 2.75) is 13.8 Å². The molecule has 0 aliphatic heterocycles. The molecule has 92 valence electrons. The van der Waals surface area contributed by atoms with Crippen LogP contribution in [0.5, 0.6) is 11.5 Å². The van der Waals surface area contributed by atoms with Gasteiger partial charge in [0.2, 0.25) is 0 Å². The van der Waals surface area contributed by atoms with Crippen molar-refractivity contribution in [3.8, 4) is 11.5 Å². The lowest BCUT2D eigenvalue weighted by Gasteiger charge is -2.05. The van der Waals surface area contributed by atoms with Gasteiger partial charge in [-0.1, -0.05) is 5.57 Å². The van der Waals surface area contributed by atoms with Crippen molar-refractivity contribution in [1.29, 1.82) is 0 Å². The predicted octanol–water partition coefficient (Wildman–Crippen LogP) is 3.18. The number of hydrogen-bond donors (Lipinski definition) is 0. The number of methoxy groups -OCH3 is 1. The van der Waals surface area contributed by atoms with Crippen LogP contribution in [-0.2, 0) is 4.74 Å². The van der Waals surface area contributed by atoms with Gasteiger partial charge in [0.05, 0.1) is 7.11 Å². The molecule has 0 saturated carbocycles. The van der Waals surface area contributed by atoms with Crippen LogP contribution in [0.2, 0.25) is 0 Å². The molecule has 1 rings (SSSR count). The molecule has 0 saturated heterocycles. The van der Waals surface area contributed by atoms with Crippen molar-refractivity contribution < 1.29 is 19.0 Å². The Morgan fingerprint density at radius 1 is 1.18 bits per heavy atom. The van der Waals surface area contributed by atoms with E-state index in [0.29, 0.717) is 11.5 Å². The smallest absolute Gasteiger partial charge is 0.497 e. The number of rotatable bonds is 4. The average molecular weight is 236 g/mol. The van der Waals surface area contributed by atoms with Crippen LogP contribution in [-0.4, -0.2) is 19.9 Å². The van der Waals surface area contributed by atoms with E-state index in [2.05, 4.69) is 0 Å². The van der Waals surface area contributed by atoms with Crippen LogP contribution >= 0.6 is 0 Å². The number of hydrogen-bond acceptors (Lipinski definition) is 4. The lowest BCUT2D eigenvalue weighted by Crippen LogP contribution is -2.10. The first-order chi connectivity index (χ1) is 8.11. The summed E-state index contributed by atoms with van der Waals surface area (Å²) in [5, 5.41) is 0. The first kappa shape index (κ1) is 13.1. The van der Waals surface area contributed by atoms with Gasteiger partial charge in [0.15, 0.2) is 0 Å². The quantitative estimate of drug-likeness (QED) is 0.457. The van der Waals surface area contributed by atoms with E-state index < -0.39 is 6.16 Å². The van der Waals surface area contributed by atoms with Gasteiger partial charge < -0.3 is 14.2 Å². The Hall–Kier alpha value is -1.97. The van der Waals surface area contributed by atoms with Gasteiger partial charge in [0.1, 0.15) is 18.1 Å². The maximum Gasteiger partial charge on any atom is 0.514 e.